The fourth-order valence-corrected chi connectivity index (χ4v) is 2.33. The second-order valence-corrected chi connectivity index (χ2v) is 4.62. The van der Waals surface area contributed by atoms with E-state index in [0.717, 1.165) is 31.4 Å². The van der Waals surface area contributed by atoms with Crippen LogP contribution in [0.25, 0.3) is 0 Å². The van der Waals surface area contributed by atoms with Crippen LogP contribution in [0.5, 0.6) is 0 Å². The van der Waals surface area contributed by atoms with E-state index in [1.165, 1.54) is 6.42 Å². The first-order valence-corrected chi connectivity index (χ1v) is 5.96. The highest BCUT2D eigenvalue weighted by atomic mass is 16.5. The molecule has 2 rings (SSSR count). The summed E-state index contributed by atoms with van der Waals surface area (Å²) >= 11 is 0. The molecule has 1 aliphatic rings. The molecule has 0 spiro atoms. The minimum Gasteiger partial charge on any atom is -0.384 e. The number of hydrogen-bond donors (Lipinski definition) is 0. The molecule has 1 aliphatic heterocycles. The van der Waals surface area contributed by atoms with Crippen molar-refractivity contribution in [2.75, 3.05) is 31.7 Å². The topological polar surface area (TPSA) is 25.4 Å². The summed E-state index contributed by atoms with van der Waals surface area (Å²) < 4.78 is 5.29. The van der Waals surface area contributed by atoms with Crippen LogP contribution in [0.1, 0.15) is 13.3 Å². The van der Waals surface area contributed by atoms with Crippen molar-refractivity contribution in [2.24, 2.45) is 11.8 Å². The lowest BCUT2D eigenvalue weighted by atomic mass is 9.87. The highest BCUT2D eigenvalue weighted by molar-refractivity contribution is 5.38. The first kappa shape index (κ1) is 11.4. The van der Waals surface area contributed by atoms with Crippen LogP contribution >= 0.6 is 0 Å². The van der Waals surface area contributed by atoms with E-state index in [9.17, 15) is 0 Å². The Kier molecular flexibility index (Phi) is 3.78. The van der Waals surface area contributed by atoms with E-state index in [1.54, 1.807) is 7.11 Å². The molecular formula is C13H20N2O. The number of piperidine rings is 1. The Morgan fingerprint density at radius 2 is 2.38 bits per heavy atom. The fourth-order valence-electron chi connectivity index (χ4n) is 2.33. The van der Waals surface area contributed by atoms with Gasteiger partial charge in [0, 0.05) is 32.3 Å². The number of nitrogens with zero attached hydrogens (tertiary/aromatic N) is 2. The lowest BCUT2D eigenvalue weighted by Crippen LogP contribution is -2.41. The fraction of sp³-hybridized carbons (Fsp3) is 0.615. The van der Waals surface area contributed by atoms with Gasteiger partial charge in [-0.1, -0.05) is 13.0 Å². The van der Waals surface area contributed by atoms with Crippen LogP contribution in [0.3, 0.4) is 0 Å². The quantitative estimate of drug-likeness (QED) is 0.780. The van der Waals surface area contributed by atoms with Crippen molar-refractivity contribution >= 4 is 5.82 Å². The van der Waals surface area contributed by atoms with Gasteiger partial charge >= 0.3 is 0 Å². The molecule has 0 unspecified atom stereocenters. The molecule has 0 aromatic carbocycles. The zero-order valence-corrected chi connectivity index (χ0v) is 10.1. The molecule has 0 bridgehead atoms. The van der Waals surface area contributed by atoms with E-state index in [2.05, 4.69) is 22.9 Å². The normalized spacial score (nSPS) is 25.8. The molecule has 1 aromatic heterocycles. The number of hydrogen-bond acceptors (Lipinski definition) is 3. The van der Waals surface area contributed by atoms with Gasteiger partial charge in [0.25, 0.3) is 0 Å². The van der Waals surface area contributed by atoms with Gasteiger partial charge in [-0.2, -0.15) is 0 Å². The number of methoxy groups -OCH3 is 1. The first-order valence-electron chi connectivity index (χ1n) is 5.96. The second kappa shape index (κ2) is 5.30. The van der Waals surface area contributed by atoms with Crippen LogP contribution < -0.4 is 4.90 Å². The molecule has 3 heteroatoms. The van der Waals surface area contributed by atoms with Crippen molar-refractivity contribution in [1.29, 1.82) is 0 Å². The third kappa shape index (κ3) is 2.53. The first-order chi connectivity index (χ1) is 7.81. The molecule has 88 valence electrons. The third-order valence-corrected chi connectivity index (χ3v) is 3.47. The van der Waals surface area contributed by atoms with Gasteiger partial charge in [0.05, 0.1) is 6.61 Å². The minimum absolute atomic E-state index is 0.626. The number of ether oxygens (including phenoxy) is 1. The zero-order chi connectivity index (χ0) is 11.4. The second-order valence-electron chi connectivity index (χ2n) is 4.62. The van der Waals surface area contributed by atoms with Crippen molar-refractivity contribution in [3.8, 4) is 0 Å². The summed E-state index contributed by atoms with van der Waals surface area (Å²) in [5, 5.41) is 0. The lowest BCUT2D eigenvalue weighted by Gasteiger charge is -2.37. The lowest BCUT2D eigenvalue weighted by molar-refractivity contribution is 0.116. The SMILES string of the molecule is COC[C@@H]1CN(c2ccccn2)CC[C@@H]1C. The molecule has 1 saturated heterocycles. The van der Waals surface area contributed by atoms with Gasteiger partial charge in [0.2, 0.25) is 0 Å². The minimum atomic E-state index is 0.626. The van der Waals surface area contributed by atoms with E-state index in [-0.39, 0.29) is 0 Å². The van der Waals surface area contributed by atoms with Gasteiger partial charge in [-0.25, -0.2) is 4.98 Å². The summed E-state index contributed by atoms with van der Waals surface area (Å²) in [6.45, 7) is 5.34. The van der Waals surface area contributed by atoms with Crippen LogP contribution in [0.15, 0.2) is 24.4 Å². The van der Waals surface area contributed by atoms with Crippen molar-refractivity contribution in [2.45, 2.75) is 13.3 Å². The summed E-state index contributed by atoms with van der Waals surface area (Å²) in [4.78, 5) is 6.77. The van der Waals surface area contributed by atoms with Crippen LogP contribution in [0, 0.1) is 11.8 Å². The Morgan fingerprint density at radius 3 is 3.06 bits per heavy atom. The van der Waals surface area contributed by atoms with Crippen molar-refractivity contribution < 1.29 is 4.74 Å². The molecule has 0 N–H and O–H groups in total. The molecule has 0 amide bonds. The number of aromatic nitrogens is 1. The maximum atomic E-state index is 5.29. The van der Waals surface area contributed by atoms with Gasteiger partial charge in [-0.15, -0.1) is 0 Å². The van der Waals surface area contributed by atoms with Crippen LogP contribution in [0.4, 0.5) is 5.82 Å². The Morgan fingerprint density at radius 1 is 1.50 bits per heavy atom. The Balaban J connectivity index is 2.03. The predicted molar refractivity (Wildman–Crippen MR) is 65.6 cm³/mol. The Labute approximate surface area is 97.4 Å². The summed E-state index contributed by atoms with van der Waals surface area (Å²) in [6, 6.07) is 6.09. The maximum Gasteiger partial charge on any atom is 0.128 e. The van der Waals surface area contributed by atoms with E-state index in [0.29, 0.717) is 5.92 Å². The van der Waals surface area contributed by atoms with E-state index >= 15 is 0 Å². The largest absolute Gasteiger partial charge is 0.384 e. The summed E-state index contributed by atoms with van der Waals surface area (Å²) in [5.41, 5.74) is 0. The number of pyridine rings is 1. The average molecular weight is 220 g/mol. The molecule has 1 fully saturated rings. The molecular weight excluding hydrogens is 200 g/mol. The third-order valence-electron chi connectivity index (χ3n) is 3.47. The highest BCUT2D eigenvalue weighted by Gasteiger charge is 2.26. The molecule has 0 aliphatic carbocycles. The van der Waals surface area contributed by atoms with Crippen LogP contribution in [-0.2, 0) is 4.74 Å². The van der Waals surface area contributed by atoms with Crippen LogP contribution in [-0.4, -0.2) is 31.8 Å². The zero-order valence-electron chi connectivity index (χ0n) is 10.1. The molecule has 16 heavy (non-hydrogen) atoms. The Bertz CT molecular complexity index is 315. The maximum absolute atomic E-state index is 5.29. The molecule has 0 radical (unpaired) electrons. The summed E-state index contributed by atoms with van der Waals surface area (Å²) in [6.07, 6.45) is 3.09. The monoisotopic (exact) mass is 220 g/mol. The molecule has 2 atom stereocenters. The van der Waals surface area contributed by atoms with Gasteiger partial charge in [0.1, 0.15) is 5.82 Å². The van der Waals surface area contributed by atoms with Gasteiger partial charge < -0.3 is 9.64 Å². The number of anilines is 1. The van der Waals surface area contributed by atoms with Crippen molar-refractivity contribution in [1.82, 2.24) is 4.98 Å². The standard InChI is InChI=1S/C13H20N2O/c1-11-6-8-15(9-12(11)10-16-2)13-5-3-4-7-14-13/h3-5,7,11-12H,6,8-10H2,1-2H3/t11-,12-/m0/s1. The van der Waals surface area contributed by atoms with Gasteiger partial charge in [-0.3, -0.25) is 0 Å². The average Bonchev–Trinajstić information content (AvgIpc) is 2.33. The van der Waals surface area contributed by atoms with E-state index in [1.807, 2.05) is 18.3 Å². The van der Waals surface area contributed by atoms with E-state index < -0.39 is 0 Å². The van der Waals surface area contributed by atoms with Crippen LogP contribution in [0.2, 0.25) is 0 Å². The molecule has 1 aromatic rings. The van der Waals surface area contributed by atoms with Crippen molar-refractivity contribution in [3.05, 3.63) is 24.4 Å². The van der Waals surface area contributed by atoms with Gasteiger partial charge in [0.15, 0.2) is 0 Å². The van der Waals surface area contributed by atoms with Crippen molar-refractivity contribution in [3.63, 3.8) is 0 Å². The summed E-state index contributed by atoms with van der Waals surface area (Å²) in [7, 11) is 1.78. The molecule has 0 saturated carbocycles. The molecule has 2 heterocycles. The smallest absolute Gasteiger partial charge is 0.128 e. The number of rotatable bonds is 3. The Hall–Kier alpha value is -1.09. The predicted octanol–water partition coefficient (Wildman–Crippen LogP) is 2.19. The summed E-state index contributed by atoms with van der Waals surface area (Å²) in [5.74, 6) is 2.47. The molecule has 3 nitrogen and oxygen atoms in total. The highest BCUT2D eigenvalue weighted by Crippen LogP contribution is 2.26. The van der Waals surface area contributed by atoms with E-state index in [4.69, 9.17) is 4.74 Å². The van der Waals surface area contributed by atoms with Gasteiger partial charge in [-0.05, 0) is 24.5 Å².